The smallest absolute Gasteiger partial charge is 0.243 e. The largest absolute Gasteiger partial charge is 0.370 e. The molecular weight excluding hydrogens is 843 g/mol. The van der Waals surface area contributed by atoms with E-state index >= 15 is 0 Å². The molecule has 5 rings (SSSR count). The van der Waals surface area contributed by atoms with E-state index < -0.39 is 53.7 Å². The fraction of sp³-hybridized carbons (Fsp3) is 0.268. The predicted octanol–water partition coefficient (Wildman–Crippen LogP) is 3.19. The number of guanidine groups is 1. The molecule has 1 heterocycles. The van der Waals surface area contributed by atoms with Crippen LogP contribution in [-0.2, 0) is 43.2 Å². The van der Waals surface area contributed by atoms with Crippen LogP contribution in [0.15, 0.2) is 101 Å². The van der Waals surface area contributed by atoms with Crippen LogP contribution in [0.2, 0.25) is 0 Å². The van der Waals surface area contributed by atoms with Crippen LogP contribution in [0.5, 0.6) is 0 Å². The third-order valence-electron chi connectivity index (χ3n) is 9.16. The maximum absolute atomic E-state index is 14.2. The fourth-order valence-corrected chi connectivity index (χ4v) is 7.68. The highest BCUT2D eigenvalue weighted by Gasteiger charge is 2.31. The Bertz CT molecular complexity index is 2220. The van der Waals surface area contributed by atoms with Crippen molar-refractivity contribution in [1.29, 1.82) is 0 Å². The van der Waals surface area contributed by atoms with Gasteiger partial charge in [0.05, 0.1) is 0 Å². The second-order valence-electron chi connectivity index (χ2n) is 13.5. The number of fused-ring (bicyclic) bond motifs is 2. The molecule has 0 fully saturated rings. The number of hydrogen-bond acceptors (Lipinski definition) is 7. The molecule has 1 aromatic heterocycles. The Labute approximate surface area is 342 Å². The SMILES string of the molecule is CC(=O)N[C@H](Cc1ccc2ccccc2c1)C(=O)N[C@@H](CCCN=C(N)N)C(=O)N[C@H](Cc1ccc(I)cc1)C(=O)N[C@@H](Cc1csc2ccccc12)C(N)=O. The van der Waals surface area contributed by atoms with E-state index in [2.05, 4.69) is 48.9 Å². The molecule has 0 spiro atoms. The number of nitrogens with two attached hydrogens (primary N) is 3. The number of nitrogens with one attached hydrogen (secondary N) is 4. The summed E-state index contributed by atoms with van der Waals surface area (Å²) in [6.07, 6.45) is 0.791. The normalized spacial score (nSPS) is 13.2. The number of carbonyl (C=O) groups is 5. The Kier molecular flexibility index (Phi) is 14.8. The Morgan fingerprint density at radius 2 is 1.27 bits per heavy atom. The summed E-state index contributed by atoms with van der Waals surface area (Å²) < 4.78 is 2.01. The molecule has 13 nitrogen and oxygen atoms in total. The Morgan fingerprint density at radius 1 is 0.679 bits per heavy atom. The van der Waals surface area contributed by atoms with Crippen LogP contribution in [0.4, 0.5) is 0 Å². The first-order valence-corrected chi connectivity index (χ1v) is 20.0. The third-order valence-corrected chi connectivity index (χ3v) is 10.9. The lowest BCUT2D eigenvalue weighted by atomic mass is 10.00. The van der Waals surface area contributed by atoms with Crippen molar-refractivity contribution in [3.05, 3.63) is 117 Å². The summed E-state index contributed by atoms with van der Waals surface area (Å²) in [6, 6.07) is 24.4. The molecule has 5 amide bonds. The van der Waals surface area contributed by atoms with Crippen LogP contribution in [0.1, 0.15) is 36.5 Å². The van der Waals surface area contributed by atoms with Crippen molar-refractivity contribution in [2.75, 3.05) is 6.54 Å². The molecule has 0 saturated heterocycles. The molecule has 0 saturated carbocycles. The van der Waals surface area contributed by atoms with Gasteiger partial charge in [0, 0.05) is 41.0 Å². The number of benzene rings is 4. The average molecular weight is 889 g/mol. The van der Waals surface area contributed by atoms with Crippen molar-refractivity contribution in [1.82, 2.24) is 21.3 Å². The number of primary amides is 1. The van der Waals surface area contributed by atoms with Gasteiger partial charge in [-0.3, -0.25) is 29.0 Å². The van der Waals surface area contributed by atoms with E-state index in [4.69, 9.17) is 17.2 Å². The zero-order valence-electron chi connectivity index (χ0n) is 30.8. The molecule has 0 bridgehead atoms. The number of hydrogen-bond donors (Lipinski definition) is 7. The zero-order chi connectivity index (χ0) is 40.2. The molecule has 10 N–H and O–H groups in total. The van der Waals surface area contributed by atoms with E-state index in [0.717, 1.165) is 41.1 Å². The van der Waals surface area contributed by atoms with E-state index in [1.165, 1.54) is 18.3 Å². The van der Waals surface area contributed by atoms with Gasteiger partial charge < -0.3 is 38.5 Å². The highest BCUT2D eigenvalue weighted by Crippen LogP contribution is 2.26. The molecular formula is C41H45IN8O5S. The minimum Gasteiger partial charge on any atom is -0.370 e. The van der Waals surface area contributed by atoms with Crippen molar-refractivity contribution in [3.63, 3.8) is 0 Å². The molecule has 5 aromatic rings. The van der Waals surface area contributed by atoms with E-state index in [1.54, 1.807) is 0 Å². The standard InChI is InChI=1S/C41H45IN8O5S/c1-24(51)47-34(21-26-12-15-27-7-2-3-8-28(27)19-26)39(54)48-32(10-6-18-46-41(44)45)38(53)50-35(20-25-13-16-30(42)17-14-25)40(55)49-33(37(43)52)22-29-23-56-36-11-5-4-9-31(29)36/h2-5,7-9,11-17,19,23,32-35H,6,10,18,20-22H2,1H3,(H2,43,52)(H,47,51)(H,48,54)(H,49,55)(H,50,53)(H4,44,45,46)/t32-,33-,34+,35+/m0/s1. The summed E-state index contributed by atoms with van der Waals surface area (Å²) in [5.74, 6) is -3.14. The predicted molar refractivity (Wildman–Crippen MR) is 229 cm³/mol. The van der Waals surface area contributed by atoms with Gasteiger partial charge in [0.15, 0.2) is 5.96 Å². The summed E-state index contributed by atoms with van der Waals surface area (Å²) in [5, 5.41) is 16.0. The molecule has 0 unspecified atom stereocenters. The molecule has 0 aliphatic heterocycles. The van der Waals surface area contributed by atoms with E-state index in [0.29, 0.717) is 6.42 Å². The molecule has 15 heteroatoms. The van der Waals surface area contributed by atoms with Gasteiger partial charge in [-0.05, 0) is 91.9 Å². The van der Waals surface area contributed by atoms with E-state index in [9.17, 15) is 24.0 Å². The van der Waals surface area contributed by atoms with Crippen LogP contribution in [0.3, 0.4) is 0 Å². The monoisotopic (exact) mass is 888 g/mol. The quantitative estimate of drug-likeness (QED) is 0.0301. The van der Waals surface area contributed by atoms with Gasteiger partial charge in [-0.15, -0.1) is 11.3 Å². The van der Waals surface area contributed by atoms with Gasteiger partial charge in [-0.2, -0.15) is 0 Å². The van der Waals surface area contributed by atoms with Crippen molar-refractivity contribution in [3.8, 4) is 0 Å². The number of aliphatic imine (C=N–C) groups is 1. The molecule has 4 aromatic carbocycles. The van der Waals surface area contributed by atoms with Crippen molar-refractivity contribution < 1.29 is 24.0 Å². The lowest BCUT2D eigenvalue weighted by Crippen LogP contribution is -2.59. The molecule has 0 aliphatic carbocycles. The van der Waals surface area contributed by atoms with Crippen LogP contribution in [0.25, 0.3) is 20.9 Å². The van der Waals surface area contributed by atoms with Crippen molar-refractivity contribution in [2.45, 2.75) is 63.2 Å². The number of carbonyl (C=O) groups excluding carboxylic acids is 5. The summed E-state index contributed by atoms with van der Waals surface area (Å²) in [7, 11) is 0. The lowest BCUT2D eigenvalue weighted by molar-refractivity contribution is -0.134. The number of rotatable bonds is 18. The van der Waals surface area contributed by atoms with Crippen LogP contribution >= 0.6 is 33.9 Å². The first kappa shape index (κ1) is 41.6. The maximum Gasteiger partial charge on any atom is 0.243 e. The first-order chi connectivity index (χ1) is 26.9. The van der Waals surface area contributed by atoms with Gasteiger partial charge in [-0.25, -0.2) is 0 Å². The van der Waals surface area contributed by atoms with E-state index in [-0.39, 0.29) is 38.2 Å². The minimum absolute atomic E-state index is 0.0759. The second kappa shape index (κ2) is 19.9. The van der Waals surface area contributed by atoms with Crippen LogP contribution in [-0.4, -0.2) is 66.2 Å². The summed E-state index contributed by atoms with van der Waals surface area (Å²) in [4.78, 5) is 71.1. The van der Waals surface area contributed by atoms with Crippen molar-refractivity contribution >= 4 is 90.3 Å². The Morgan fingerprint density at radius 3 is 1.96 bits per heavy atom. The zero-order valence-corrected chi connectivity index (χ0v) is 33.8. The minimum atomic E-state index is -1.16. The van der Waals surface area contributed by atoms with Gasteiger partial charge in [0.1, 0.15) is 24.2 Å². The topological polar surface area (TPSA) is 224 Å². The Balaban J connectivity index is 1.38. The number of halogens is 1. The number of thiophene rings is 1. The summed E-state index contributed by atoms with van der Waals surface area (Å²) in [5.41, 5.74) is 19.3. The highest BCUT2D eigenvalue weighted by atomic mass is 127. The van der Waals surface area contributed by atoms with Gasteiger partial charge in [-0.1, -0.05) is 72.8 Å². The molecule has 0 radical (unpaired) electrons. The van der Waals surface area contributed by atoms with E-state index in [1.807, 2.05) is 96.4 Å². The van der Waals surface area contributed by atoms with Crippen molar-refractivity contribution in [2.24, 2.45) is 22.2 Å². The van der Waals surface area contributed by atoms with Crippen LogP contribution < -0.4 is 38.5 Å². The Hall–Kier alpha value is -5.55. The molecule has 292 valence electrons. The van der Waals surface area contributed by atoms with Gasteiger partial charge in [0.25, 0.3) is 0 Å². The number of amides is 5. The number of nitrogens with zero attached hydrogens (tertiary/aromatic N) is 1. The lowest BCUT2D eigenvalue weighted by Gasteiger charge is -2.26. The fourth-order valence-electron chi connectivity index (χ4n) is 6.34. The first-order valence-electron chi connectivity index (χ1n) is 18.1. The molecule has 56 heavy (non-hydrogen) atoms. The summed E-state index contributed by atoms with van der Waals surface area (Å²) >= 11 is 3.70. The molecule has 0 aliphatic rings. The maximum atomic E-state index is 14.2. The van der Waals surface area contributed by atoms with Gasteiger partial charge >= 0.3 is 0 Å². The molecule has 4 atom stereocenters. The summed E-state index contributed by atoms with van der Waals surface area (Å²) in [6.45, 7) is 1.49. The highest BCUT2D eigenvalue weighted by molar-refractivity contribution is 14.1. The average Bonchev–Trinajstić information content (AvgIpc) is 3.58. The third kappa shape index (κ3) is 12.0. The van der Waals surface area contributed by atoms with Gasteiger partial charge in [0.2, 0.25) is 29.5 Å². The van der Waals surface area contributed by atoms with Crippen LogP contribution in [0, 0.1) is 3.57 Å². The second-order valence-corrected chi connectivity index (χ2v) is 15.6.